The summed E-state index contributed by atoms with van der Waals surface area (Å²) in [5.41, 5.74) is 1.89. The van der Waals surface area contributed by atoms with Crippen molar-refractivity contribution in [2.24, 2.45) is 0 Å². The number of benzene rings is 2. The molecule has 2 aromatic carbocycles. The van der Waals surface area contributed by atoms with Gasteiger partial charge in [-0.2, -0.15) is 0 Å². The highest BCUT2D eigenvalue weighted by Crippen LogP contribution is 2.35. The summed E-state index contributed by atoms with van der Waals surface area (Å²) in [5, 5.41) is 5.40. The van der Waals surface area contributed by atoms with Gasteiger partial charge in [0.15, 0.2) is 0 Å². The van der Waals surface area contributed by atoms with E-state index in [0.717, 1.165) is 22.1 Å². The van der Waals surface area contributed by atoms with Gasteiger partial charge >= 0.3 is 0 Å². The van der Waals surface area contributed by atoms with Crippen LogP contribution in [0.25, 0.3) is 0 Å². The van der Waals surface area contributed by atoms with Crippen molar-refractivity contribution in [1.82, 2.24) is 5.32 Å². The molecule has 0 heterocycles. The molecule has 0 aliphatic rings. The lowest BCUT2D eigenvalue weighted by molar-refractivity contribution is 0.631. The summed E-state index contributed by atoms with van der Waals surface area (Å²) in [5.74, 6) is 0. The van der Waals surface area contributed by atoms with Gasteiger partial charge in [-0.15, -0.1) is 0 Å². The van der Waals surface area contributed by atoms with Gasteiger partial charge in [-0.05, 0) is 48.0 Å². The van der Waals surface area contributed by atoms with E-state index in [-0.39, 0.29) is 6.04 Å². The van der Waals surface area contributed by atoms with E-state index in [1.165, 1.54) is 0 Å². The molecule has 2 aromatic rings. The van der Waals surface area contributed by atoms with Crippen LogP contribution in [0.4, 0.5) is 0 Å². The Bertz CT molecular complexity index is 616. The van der Waals surface area contributed by atoms with Crippen molar-refractivity contribution >= 4 is 50.7 Å². The summed E-state index contributed by atoms with van der Waals surface area (Å²) in [6.07, 6.45) is 0. The molecule has 0 radical (unpaired) electrons. The summed E-state index contributed by atoms with van der Waals surface area (Å²) in [6.45, 7) is 2.83. The zero-order valence-corrected chi connectivity index (χ0v) is 14.6. The average Bonchev–Trinajstić information content (AvgIpc) is 2.40. The summed E-state index contributed by atoms with van der Waals surface area (Å²) in [4.78, 5) is 0. The third-order valence-corrected chi connectivity index (χ3v) is 4.35. The number of hydrogen-bond acceptors (Lipinski definition) is 1. The van der Waals surface area contributed by atoms with Crippen LogP contribution in [-0.4, -0.2) is 6.54 Å². The van der Waals surface area contributed by atoms with Crippen LogP contribution in [0.3, 0.4) is 0 Å². The van der Waals surface area contributed by atoms with Gasteiger partial charge in [-0.25, -0.2) is 0 Å². The fraction of sp³-hybridized carbons (Fsp3) is 0.200. The van der Waals surface area contributed by atoms with Crippen molar-refractivity contribution in [1.29, 1.82) is 0 Å². The summed E-state index contributed by atoms with van der Waals surface area (Å²) >= 11 is 22.2. The molecule has 0 saturated carbocycles. The quantitative estimate of drug-likeness (QED) is 0.661. The molecule has 2 rings (SSSR count). The molecule has 20 heavy (non-hydrogen) atoms. The van der Waals surface area contributed by atoms with Crippen molar-refractivity contribution in [3.63, 3.8) is 0 Å². The van der Waals surface area contributed by atoms with E-state index in [1.54, 1.807) is 12.1 Å². The summed E-state index contributed by atoms with van der Waals surface area (Å²) < 4.78 is 0.943. The van der Waals surface area contributed by atoms with Gasteiger partial charge in [-0.3, -0.25) is 0 Å². The third-order valence-electron chi connectivity index (χ3n) is 2.95. The van der Waals surface area contributed by atoms with Crippen molar-refractivity contribution < 1.29 is 0 Å². The van der Waals surface area contributed by atoms with E-state index < -0.39 is 0 Å². The second kappa shape index (κ2) is 7.15. The molecule has 1 N–H and O–H groups in total. The lowest BCUT2D eigenvalue weighted by Gasteiger charge is -2.21. The zero-order chi connectivity index (χ0) is 14.7. The molecule has 1 unspecified atom stereocenters. The van der Waals surface area contributed by atoms with Crippen molar-refractivity contribution in [3.8, 4) is 0 Å². The SMILES string of the molecule is CCNC(c1ccc(Br)cc1Cl)c1cc(Cl)ccc1Cl. The van der Waals surface area contributed by atoms with Crippen LogP contribution < -0.4 is 5.32 Å². The number of hydrogen-bond donors (Lipinski definition) is 1. The Labute approximate surface area is 142 Å². The fourth-order valence-electron chi connectivity index (χ4n) is 2.06. The number of nitrogens with one attached hydrogen (secondary N) is 1. The molecular weight excluding hydrogens is 380 g/mol. The van der Waals surface area contributed by atoms with E-state index in [4.69, 9.17) is 34.8 Å². The molecule has 1 atom stereocenters. The van der Waals surface area contributed by atoms with Gasteiger partial charge in [0.25, 0.3) is 0 Å². The minimum atomic E-state index is -0.0909. The maximum Gasteiger partial charge on any atom is 0.0606 e. The van der Waals surface area contributed by atoms with Crippen LogP contribution in [0.2, 0.25) is 15.1 Å². The second-order valence-electron chi connectivity index (χ2n) is 4.32. The molecule has 0 amide bonds. The smallest absolute Gasteiger partial charge is 0.0606 e. The highest BCUT2D eigenvalue weighted by molar-refractivity contribution is 9.10. The monoisotopic (exact) mass is 391 g/mol. The van der Waals surface area contributed by atoms with Crippen LogP contribution in [0.5, 0.6) is 0 Å². The molecule has 1 nitrogen and oxygen atoms in total. The minimum Gasteiger partial charge on any atom is -0.306 e. The molecule has 106 valence electrons. The van der Waals surface area contributed by atoms with Gasteiger partial charge in [-0.1, -0.05) is 63.7 Å². The normalized spacial score (nSPS) is 12.4. The Morgan fingerprint density at radius 2 is 1.75 bits per heavy atom. The Balaban J connectivity index is 2.53. The van der Waals surface area contributed by atoms with Gasteiger partial charge < -0.3 is 5.32 Å². The second-order valence-corrected chi connectivity index (χ2v) is 6.49. The van der Waals surface area contributed by atoms with Crippen molar-refractivity contribution in [2.75, 3.05) is 6.54 Å². The van der Waals surface area contributed by atoms with Gasteiger partial charge in [0.2, 0.25) is 0 Å². The molecule has 0 aliphatic heterocycles. The molecule has 0 aliphatic carbocycles. The van der Waals surface area contributed by atoms with E-state index in [1.807, 2.05) is 31.2 Å². The first-order valence-electron chi connectivity index (χ1n) is 6.16. The summed E-state index contributed by atoms with van der Waals surface area (Å²) in [7, 11) is 0. The Morgan fingerprint density at radius 1 is 1.00 bits per heavy atom. The highest BCUT2D eigenvalue weighted by Gasteiger charge is 2.19. The molecule has 0 bridgehead atoms. The van der Waals surface area contributed by atoms with E-state index in [2.05, 4.69) is 21.2 Å². The maximum atomic E-state index is 6.36. The maximum absolute atomic E-state index is 6.36. The average molecular weight is 394 g/mol. The predicted octanol–water partition coefficient (Wildman–Crippen LogP) is 6.11. The minimum absolute atomic E-state index is 0.0909. The molecule has 5 heteroatoms. The van der Waals surface area contributed by atoms with Crippen LogP contribution >= 0.6 is 50.7 Å². The highest BCUT2D eigenvalue weighted by atomic mass is 79.9. The Morgan fingerprint density at radius 3 is 2.40 bits per heavy atom. The van der Waals surface area contributed by atoms with Crippen LogP contribution in [0.1, 0.15) is 24.1 Å². The fourth-order valence-corrected chi connectivity index (χ4v) is 3.25. The first-order chi connectivity index (χ1) is 9.52. The molecule has 0 fully saturated rings. The van der Waals surface area contributed by atoms with Crippen molar-refractivity contribution in [3.05, 3.63) is 67.1 Å². The van der Waals surface area contributed by atoms with Gasteiger partial charge in [0.1, 0.15) is 0 Å². The van der Waals surface area contributed by atoms with Gasteiger partial charge in [0.05, 0.1) is 6.04 Å². The zero-order valence-electron chi connectivity index (χ0n) is 10.8. The topological polar surface area (TPSA) is 12.0 Å². The predicted molar refractivity (Wildman–Crippen MR) is 91.1 cm³/mol. The first-order valence-corrected chi connectivity index (χ1v) is 8.09. The van der Waals surface area contributed by atoms with Crippen LogP contribution in [0, 0.1) is 0 Å². The number of rotatable bonds is 4. The Hall–Kier alpha value is -0.250. The van der Waals surface area contributed by atoms with Gasteiger partial charge in [0, 0.05) is 19.5 Å². The van der Waals surface area contributed by atoms with Crippen molar-refractivity contribution in [2.45, 2.75) is 13.0 Å². The Kier molecular flexibility index (Phi) is 5.76. The summed E-state index contributed by atoms with van der Waals surface area (Å²) in [6, 6.07) is 11.2. The lowest BCUT2D eigenvalue weighted by Crippen LogP contribution is -2.22. The van der Waals surface area contributed by atoms with Crippen LogP contribution in [0.15, 0.2) is 40.9 Å². The lowest BCUT2D eigenvalue weighted by atomic mass is 9.98. The molecule has 0 saturated heterocycles. The molecule has 0 spiro atoms. The molecular formula is C15H13BrCl3N. The van der Waals surface area contributed by atoms with E-state index in [9.17, 15) is 0 Å². The van der Waals surface area contributed by atoms with E-state index >= 15 is 0 Å². The third kappa shape index (κ3) is 3.69. The largest absolute Gasteiger partial charge is 0.306 e. The van der Waals surface area contributed by atoms with E-state index in [0.29, 0.717) is 15.1 Å². The molecule has 0 aromatic heterocycles. The standard InChI is InChI=1S/C15H13BrCl3N/c1-2-20-15(11-5-3-9(16)7-14(11)19)12-8-10(17)4-6-13(12)18/h3-8,15,20H,2H2,1H3. The van der Waals surface area contributed by atoms with Crippen LogP contribution in [-0.2, 0) is 0 Å². The first kappa shape index (κ1) is 16.1. The number of halogens is 4.